The highest BCUT2D eigenvalue weighted by atomic mass is 16.5. The van der Waals surface area contributed by atoms with Gasteiger partial charge >= 0.3 is 11.9 Å². The lowest BCUT2D eigenvalue weighted by molar-refractivity contribution is -0.153. The number of ketones is 1. The van der Waals surface area contributed by atoms with Crippen molar-refractivity contribution in [3.05, 3.63) is 12.2 Å². The first-order chi connectivity index (χ1) is 6.88. The molecular formula is C10H14O5. The molecule has 5 heteroatoms. The fourth-order valence-electron chi connectivity index (χ4n) is 0.713. The van der Waals surface area contributed by atoms with Crippen LogP contribution in [0.5, 0.6) is 0 Å². The number of ether oxygens (including phenoxy) is 2. The molecule has 0 bridgehead atoms. The van der Waals surface area contributed by atoms with E-state index in [0.717, 1.165) is 0 Å². The molecule has 0 amide bonds. The predicted molar refractivity (Wildman–Crippen MR) is 52.0 cm³/mol. The quantitative estimate of drug-likeness (QED) is 0.495. The largest absolute Gasteiger partial charge is 0.466 e. The van der Waals surface area contributed by atoms with Crippen molar-refractivity contribution in [1.82, 2.24) is 0 Å². The minimum Gasteiger partial charge on any atom is -0.466 e. The van der Waals surface area contributed by atoms with E-state index in [0.29, 0.717) is 0 Å². The van der Waals surface area contributed by atoms with Crippen LogP contribution in [0.4, 0.5) is 0 Å². The molecule has 0 rings (SSSR count). The zero-order valence-corrected chi connectivity index (χ0v) is 9.03. The molecule has 15 heavy (non-hydrogen) atoms. The summed E-state index contributed by atoms with van der Waals surface area (Å²) in [6.07, 6.45) is -1.08. The van der Waals surface area contributed by atoms with E-state index in [4.69, 9.17) is 4.74 Å². The van der Waals surface area contributed by atoms with Crippen LogP contribution in [-0.2, 0) is 23.9 Å². The molecule has 5 nitrogen and oxygen atoms in total. The first-order valence-electron chi connectivity index (χ1n) is 4.34. The molecule has 0 aromatic carbocycles. The first kappa shape index (κ1) is 13.4. The number of rotatable bonds is 5. The van der Waals surface area contributed by atoms with Crippen molar-refractivity contribution in [1.29, 1.82) is 0 Å². The molecule has 0 N–H and O–H groups in total. The lowest BCUT2D eigenvalue weighted by atomic mass is 10.2. The lowest BCUT2D eigenvalue weighted by Crippen LogP contribution is -2.22. The van der Waals surface area contributed by atoms with E-state index in [1.165, 1.54) is 21.0 Å². The third-order valence-corrected chi connectivity index (χ3v) is 1.71. The summed E-state index contributed by atoms with van der Waals surface area (Å²) in [5.74, 6) is -1.59. The van der Waals surface area contributed by atoms with Crippen molar-refractivity contribution in [2.75, 3.05) is 7.11 Å². The Balaban J connectivity index is 4.10. The molecule has 0 saturated carbocycles. The summed E-state index contributed by atoms with van der Waals surface area (Å²) < 4.78 is 9.07. The molecule has 1 unspecified atom stereocenters. The minimum atomic E-state index is -0.803. The normalized spacial score (nSPS) is 11.4. The van der Waals surface area contributed by atoms with E-state index in [-0.39, 0.29) is 17.8 Å². The molecule has 0 aliphatic rings. The minimum absolute atomic E-state index is 0.00162. The number of carbonyl (C=O) groups is 3. The van der Waals surface area contributed by atoms with Crippen molar-refractivity contribution in [2.24, 2.45) is 0 Å². The molecule has 84 valence electrons. The van der Waals surface area contributed by atoms with Gasteiger partial charge in [-0.2, -0.15) is 0 Å². The van der Waals surface area contributed by atoms with Gasteiger partial charge in [0, 0.05) is 5.57 Å². The summed E-state index contributed by atoms with van der Waals surface area (Å²) in [6, 6.07) is 0. The lowest BCUT2D eigenvalue weighted by Gasteiger charge is -2.09. The van der Waals surface area contributed by atoms with Gasteiger partial charge in [-0.3, -0.25) is 9.59 Å². The summed E-state index contributed by atoms with van der Waals surface area (Å²) >= 11 is 0. The maximum Gasteiger partial charge on any atom is 0.333 e. The maximum absolute atomic E-state index is 11.1. The van der Waals surface area contributed by atoms with Crippen LogP contribution in [0.15, 0.2) is 12.2 Å². The fourth-order valence-corrected chi connectivity index (χ4v) is 0.713. The Morgan fingerprint density at radius 1 is 1.33 bits per heavy atom. The highest BCUT2D eigenvalue weighted by Crippen LogP contribution is 2.04. The van der Waals surface area contributed by atoms with Gasteiger partial charge in [0.25, 0.3) is 0 Å². The number of esters is 2. The highest BCUT2D eigenvalue weighted by molar-refractivity contribution is 5.93. The number of hydrogen-bond donors (Lipinski definition) is 0. The Morgan fingerprint density at radius 2 is 1.87 bits per heavy atom. The van der Waals surface area contributed by atoms with Gasteiger partial charge in [0.2, 0.25) is 0 Å². The van der Waals surface area contributed by atoms with E-state index in [9.17, 15) is 14.4 Å². The van der Waals surface area contributed by atoms with Crippen molar-refractivity contribution in [3.63, 3.8) is 0 Å². The summed E-state index contributed by atoms with van der Waals surface area (Å²) in [5, 5.41) is 0. The van der Waals surface area contributed by atoms with Crippen LogP contribution in [0.2, 0.25) is 0 Å². The Kier molecular flexibility index (Phi) is 5.30. The van der Waals surface area contributed by atoms with Crippen LogP contribution >= 0.6 is 0 Å². The number of methoxy groups -OCH3 is 1. The smallest absolute Gasteiger partial charge is 0.333 e. The van der Waals surface area contributed by atoms with Gasteiger partial charge in [0.05, 0.1) is 13.5 Å². The zero-order valence-electron chi connectivity index (χ0n) is 9.03. The summed E-state index contributed by atoms with van der Waals surface area (Å²) in [6.45, 7) is 6.13. The van der Waals surface area contributed by atoms with Gasteiger partial charge in [0.1, 0.15) is 0 Å². The second-order valence-corrected chi connectivity index (χ2v) is 3.01. The Hall–Kier alpha value is -1.65. The molecule has 0 heterocycles. The van der Waals surface area contributed by atoms with Crippen molar-refractivity contribution < 1.29 is 23.9 Å². The third kappa shape index (κ3) is 4.95. The van der Waals surface area contributed by atoms with Crippen LogP contribution < -0.4 is 0 Å². The molecule has 1 atom stereocenters. The molecule has 0 radical (unpaired) electrons. The summed E-state index contributed by atoms with van der Waals surface area (Å²) in [7, 11) is 1.19. The van der Waals surface area contributed by atoms with Crippen molar-refractivity contribution >= 4 is 17.7 Å². The van der Waals surface area contributed by atoms with Crippen molar-refractivity contribution in [2.45, 2.75) is 26.4 Å². The van der Waals surface area contributed by atoms with Gasteiger partial charge in [-0.05, 0) is 13.8 Å². The van der Waals surface area contributed by atoms with E-state index < -0.39 is 18.0 Å². The zero-order chi connectivity index (χ0) is 12.0. The predicted octanol–water partition coefficient (Wildman–Crippen LogP) is 0.626. The van der Waals surface area contributed by atoms with E-state index in [2.05, 4.69) is 11.3 Å². The van der Waals surface area contributed by atoms with Crippen molar-refractivity contribution in [3.8, 4) is 0 Å². The SMILES string of the molecule is C=C(CC(=O)OC(C)C(C)=O)C(=O)OC. The Labute approximate surface area is 88.0 Å². The van der Waals surface area contributed by atoms with Gasteiger partial charge in [-0.1, -0.05) is 6.58 Å². The van der Waals surface area contributed by atoms with E-state index in [1.807, 2.05) is 0 Å². The molecule has 0 aliphatic heterocycles. The van der Waals surface area contributed by atoms with Crippen LogP contribution in [0.1, 0.15) is 20.3 Å². The summed E-state index contributed by atoms with van der Waals surface area (Å²) in [5.41, 5.74) is -0.00162. The number of Topliss-reactive ketones (excluding diaryl/α,β-unsaturated/α-hetero) is 1. The van der Waals surface area contributed by atoms with Crippen LogP contribution in [0.3, 0.4) is 0 Å². The molecular weight excluding hydrogens is 200 g/mol. The molecule has 0 aromatic heterocycles. The second kappa shape index (κ2) is 5.95. The highest BCUT2D eigenvalue weighted by Gasteiger charge is 2.17. The van der Waals surface area contributed by atoms with E-state index in [1.54, 1.807) is 0 Å². The molecule has 0 aliphatic carbocycles. The molecule has 0 aromatic rings. The van der Waals surface area contributed by atoms with Gasteiger partial charge < -0.3 is 9.47 Å². The second-order valence-electron chi connectivity index (χ2n) is 3.01. The van der Waals surface area contributed by atoms with Gasteiger partial charge in [-0.25, -0.2) is 4.79 Å². The Bertz CT molecular complexity index is 292. The maximum atomic E-state index is 11.1. The average molecular weight is 214 g/mol. The fraction of sp³-hybridized carbons (Fsp3) is 0.500. The van der Waals surface area contributed by atoms with Gasteiger partial charge in [0.15, 0.2) is 11.9 Å². The average Bonchev–Trinajstić information content (AvgIpc) is 2.15. The number of hydrogen-bond acceptors (Lipinski definition) is 5. The molecule has 0 saturated heterocycles. The molecule has 0 spiro atoms. The van der Waals surface area contributed by atoms with Gasteiger partial charge in [-0.15, -0.1) is 0 Å². The van der Waals surface area contributed by atoms with E-state index >= 15 is 0 Å². The Morgan fingerprint density at radius 3 is 2.27 bits per heavy atom. The van der Waals surface area contributed by atoms with Crippen LogP contribution in [-0.4, -0.2) is 30.9 Å². The third-order valence-electron chi connectivity index (χ3n) is 1.71. The number of carbonyl (C=O) groups excluding carboxylic acids is 3. The van der Waals surface area contributed by atoms with Crippen LogP contribution in [0, 0.1) is 0 Å². The molecule has 0 fully saturated rings. The first-order valence-corrected chi connectivity index (χ1v) is 4.34. The topological polar surface area (TPSA) is 69.7 Å². The summed E-state index contributed by atoms with van der Waals surface area (Å²) in [4.78, 5) is 32.8. The van der Waals surface area contributed by atoms with Crippen LogP contribution in [0.25, 0.3) is 0 Å². The standard InChI is InChI=1S/C10H14O5/c1-6(10(13)14-4)5-9(12)15-8(3)7(2)11/h8H,1,5H2,2-4H3. The monoisotopic (exact) mass is 214 g/mol.